The van der Waals surface area contributed by atoms with Crippen molar-refractivity contribution in [1.29, 1.82) is 0 Å². The first-order valence-corrected chi connectivity index (χ1v) is 7.62. The van der Waals surface area contributed by atoms with E-state index in [1.54, 1.807) is 7.11 Å². The van der Waals surface area contributed by atoms with Gasteiger partial charge in [0.25, 0.3) is 0 Å². The van der Waals surface area contributed by atoms with Crippen molar-refractivity contribution in [3.05, 3.63) is 0 Å². The molecule has 0 saturated heterocycles. The number of ether oxygens (including phenoxy) is 1. The van der Waals surface area contributed by atoms with Gasteiger partial charge in [0, 0.05) is 25.6 Å². The van der Waals surface area contributed by atoms with Gasteiger partial charge in [0.15, 0.2) is 0 Å². The molecule has 1 saturated carbocycles. The first-order valence-electron chi connectivity index (χ1n) is 7.08. The molecule has 1 aliphatic rings. The average molecular weight is 262 g/mol. The Hall–Kier alpha value is 0.210. The van der Waals surface area contributed by atoms with E-state index in [1.165, 1.54) is 38.6 Å². The summed E-state index contributed by atoms with van der Waals surface area (Å²) in [5.41, 5.74) is 0. The molecule has 0 heterocycles. The van der Waals surface area contributed by atoms with Gasteiger partial charge >= 0.3 is 0 Å². The predicted molar refractivity (Wildman–Crippen MR) is 74.8 cm³/mol. The summed E-state index contributed by atoms with van der Waals surface area (Å²) in [5, 5.41) is 0. The molecule has 0 spiro atoms. The maximum atomic E-state index is 5.68. The Morgan fingerprint density at radius 2 is 1.88 bits per heavy atom. The Morgan fingerprint density at radius 3 is 2.47 bits per heavy atom. The molecular weight excluding hydrogens is 234 g/mol. The summed E-state index contributed by atoms with van der Waals surface area (Å²) in [6, 6.07) is 0.748. The fraction of sp³-hybridized carbons (Fsp3) is 1.00. The van der Waals surface area contributed by atoms with E-state index < -0.39 is 0 Å². The van der Waals surface area contributed by atoms with Gasteiger partial charge in [0.05, 0.1) is 6.61 Å². The van der Waals surface area contributed by atoms with Gasteiger partial charge < -0.3 is 4.74 Å². The molecule has 0 N–H and O–H groups in total. The van der Waals surface area contributed by atoms with Gasteiger partial charge in [0.1, 0.15) is 0 Å². The predicted octanol–water partition coefficient (Wildman–Crippen LogP) is 3.53. The van der Waals surface area contributed by atoms with E-state index in [9.17, 15) is 0 Å². The Bertz CT molecular complexity index is 185. The van der Waals surface area contributed by atoms with E-state index in [4.69, 9.17) is 16.3 Å². The molecule has 1 fully saturated rings. The molecule has 102 valence electrons. The lowest BCUT2D eigenvalue weighted by molar-refractivity contribution is 0.115. The van der Waals surface area contributed by atoms with Crippen LogP contribution < -0.4 is 0 Å². The number of alkyl halides is 1. The van der Waals surface area contributed by atoms with Gasteiger partial charge in [-0.15, -0.1) is 11.6 Å². The number of rotatable bonds is 11. The molecule has 1 rings (SSSR count). The molecule has 1 atom stereocenters. The second-order valence-electron chi connectivity index (χ2n) is 5.21. The summed E-state index contributed by atoms with van der Waals surface area (Å²) in [4.78, 5) is 2.61. The topological polar surface area (TPSA) is 12.5 Å². The van der Waals surface area contributed by atoms with Crippen molar-refractivity contribution in [3.63, 3.8) is 0 Å². The van der Waals surface area contributed by atoms with Crippen LogP contribution in [0.1, 0.15) is 45.4 Å². The van der Waals surface area contributed by atoms with E-state index in [1.807, 2.05) is 0 Å². The SMILES string of the molecule is COCCN(CCCCCCCl)C(C)C1CC1. The van der Waals surface area contributed by atoms with Crippen LogP contribution in [0.25, 0.3) is 0 Å². The normalized spacial score (nSPS) is 17.6. The first-order chi connectivity index (χ1) is 8.29. The van der Waals surface area contributed by atoms with Crippen molar-refractivity contribution >= 4 is 11.6 Å². The summed E-state index contributed by atoms with van der Waals surface area (Å²) in [6.07, 6.45) is 7.91. The standard InChI is InChI=1S/C14H28ClNO/c1-13(14-7-8-14)16(11-12-17-2)10-6-4-3-5-9-15/h13-14H,3-12H2,1-2H3. The zero-order valence-corrected chi connectivity index (χ0v) is 12.2. The third kappa shape index (κ3) is 6.64. The molecule has 0 aromatic carbocycles. The van der Waals surface area contributed by atoms with Crippen LogP contribution in [0, 0.1) is 5.92 Å². The van der Waals surface area contributed by atoms with Crippen molar-refractivity contribution in [2.45, 2.75) is 51.5 Å². The lowest BCUT2D eigenvalue weighted by Crippen LogP contribution is -2.37. The highest BCUT2D eigenvalue weighted by molar-refractivity contribution is 6.17. The minimum absolute atomic E-state index is 0.748. The molecule has 0 aromatic heterocycles. The molecule has 1 aliphatic carbocycles. The summed E-state index contributed by atoms with van der Waals surface area (Å²) < 4.78 is 5.21. The summed E-state index contributed by atoms with van der Waals surface area (Å²) >= 11 is 5.68. The second-order valence-corrected chi connectivity index (χ2v) is 5.59. The van der Waals surface area contributed by atoms with Crippen LogP contribution in [0.15, 0.2) is 0 Å². The summed E-state index contributed by atoms with van der Waals surface area (Å²) in [7, 11) is 1.79. The van der Waals surface area contributed by atoms with Crippen molar-refractivity contribution in [1.82, 2.24) is 4.90 Å². The molecule has 2 nitrogen and oxygen atoms in total. The van der Waals surface area contributed by atoms with E-state index in [0.29, 0.717) is 0 Å². The Morgan fingerprint density at radius 1 is 1.18 bits per heavy atom. The Labute approximate surface area is 112 Å². The van der Waals surface area contributed by atoms with Crippen molar-refractivity contribution in [2.24, 2.45) is 5.92 Å². The number of hydrogen-bond donors (Lipinski definition) is 0. The van der Waals surface area contributed by atoms with Crippen LogP contribution in [-0.4, -0.2) is 43.6 Å². The fourth-order valence-corrected chi connectivity index (χ4v) is 2.56. The van der Waals surface area contributed by atoms with Gasteiger partial charge in [-0.05, 0) is 45.1 Å². The van der Waals surface area contributed by atoms with Crippen LogP contribution in [0.2, 0.25) is 0 Å². The zero-order chi connectivity index (χ0) is 12.5. The highest BCUT2D eigenvalue weighted by Gasteiger charge is 2.31. The number of hydrogen-bond acceptors (Lipinski definition) is 2. The molecule has 0 amide bonds. The van der Waals surface area contributed by atoms with Crippen LogP contribution >= 0.6 is 11.6 Å². The van der Waals surface area contributed by atoms with E-state index >= 15 is 0 Å². The van der Waals surface area contributed by atoms with Gasteiger partial charge in [-0.3, -0.25) is 4.90 Å². The Balaban J connectivity index is 2.15. The highest BCUT2D eigenvalue weighted by atomic mass is 35.5. The molecule has 0 radical (unpaired) electrons. The van der Waals surface area contributed by atoms with Crippen LogP contribution in [0.3, 0.4) is 0 Å². The monoisotopic (exact) mass is 261 g/mol. The third-order valence-corrected chi connectivity index (χ3v) is 4.06. The molecule has 0 bridgehead atoms. The zero-order valence-electron chi connectivity index (χ0n) is 11.5. The third-order valence-electron chi connectivity index (χ3n) is 3.79. The minimum atomic E-state index is 0.748. The largest absolute Gasteiger partial charge is 0.383 e. The van der Waals surface area contributed by atoms with Crippen LogP contribution in [0.5, 0.6) is 0 Å². The van der Waals surface area contributed by atoms with Crippen molar-refractivity contribution in [2.75, 3.05) is 32.7 Å². The van der Waals surface area contributed by atoms with Gasteiger partial charge in [-0.25, -0.2) is 0 Å². The molecule has 17 heavy (non-hydrogen) atoms. The molecule has 3 heteroatoms. The lowest BCUT2D eigenvalue weighted by atomic mass is 10.1. The van der Waals surface area contributed by atoms with E-state index in [2.05, 4.69) is 11.8 Å². The van der Waals surface area contributed by atoms with E-state index in [0.717, 1.165) is 37.4 Å². The second kappa shape index (κ2) is 9.18. The number of unbranched alkanes of at least 4 members (excludes halogenated alkanes) is 3. The van der Waals surface area contributed by atoms with Crippen LogP contribution in [0.4, 0.5) is 0 Å². The van der Waals surface area contributed by atoms with Crippen molar-refractivity contribution in [3.8, 4) is 0 Å². The molecule has 0 aliphatic heterocycles. The summed E-state index contributed by atoms with van der Waals surface area (Å²) in [6.45, 7) is 5.55. The number of methoxy groups -OCH3 is 1. The fourth-order valence-electron chi connectivity index (χ4n) is 2.37. The minimum Gasteiger partial charge on any atom is -0.383 e. The lowest BCUT2D eigenvalue weighted by Gasteiger charge is -2.29. The van der Waals surface area contributed by atoms with Gasteiger partial charge in [-0.2, -0.15) is 0 Å². The molecular formula is C14H28ClNO. The van der Waals surface area contributed by atoms with Gasteiger partial charge in [0.2, 0.25) is 0 Å². The summed E-state index contributed by atoms with van der Waals surface area (Å²) in [5.74, 6) is 1.76. The maximum Gasteiger partial charge on any atom is 0.0589 e. The number of halogens is 1. The Kier molecular flexibility index (Phi) is 8.25. The van der Waals surface area contributed by atoms with Gasteiger partial charge in [-0.1, -0.05) is 12.8 Å². The molecule has 1 unspecified atom stereocenters. The number of nitrogens with zero attached hydrogens (tertiary/aromatic N) is 1. The van der Waals surface area contributed by atoms with Crippen LogP contribution in [-0.2, 0) is 4.74 Å². The highest BCUT2D eigenvalue weighted by Crippen LogP contribution is 2.35. The quantitative estimate of drug-likeness (QED) is 0.417. The maximum absolute atomic E-state index is 5.68. The average Bonchev–Trinajstić information content (AvgIpc) is 3.16. The first kappa shape index (κ1) is 15.3. The molecule has 0 aromatic rings. The van der Waals surface area contributed by atoms with Crippen molar-refractivity contribution < 1.29 is 4.74 Å². The smallest absolute Gasteiger partial charge is 0.0589 e. The van der Waals surface area contributed by atoms with E-state index in [-0.39, 0.29) is 0 Å².